The maximum Gasteiger partial charge on any atom is -0.0204 e. The molecule has 1 aromatic carbocycles. The Hall–Kier alpha value is -1.56. The Labute approximate surface area is 104 Å². The summed E-state index contributed by atoms with van der Waals surface area (Å²) >= 11 is 0. The van der Waals surface area contributed by atoms with Crippen molar-refractivity contribution in [1.82, 2.24) is 0 Å². The van der Waals surface area contributed by atoms with E-state index in [1.807, 2.05) is 12.2 Å². The molecule has 0 saturated carbocycles. The van der Waals surface area contributed by atoms with Gasteiger partial charge in [-0.1, -0.05) is 62.6 Å². The predicted octanol–water partition coefficient (Wildman–Crippen LogP) is 4.70. The molecule has 1 aliphatic rings. The molecule has 2 rings (SSSR count). The molecule has 0 radical (unpaired) electrons. The second kappa shape index (κ2) is 4.75. The van der Waals surface area contributed by atoms with Gasteiger partial charge in [0, 0.05) is 0 Å². The maximum absolute atomic E-state index is 3.91. The molecule has 0 N–H and O–H groups in total. The standard InChI is InChI=1S/C17H20/c1-4-15-12-17(3,13-16(15)5-2)11-14-9-7-6-8-10-14/h4-10H,1-2,11-13H2,3H3. The molecule has 0 unspecified atom stereocenters. The zero-order chi connectivity index (χ0) is 12.3. The minimum Gasteiger partial charge on any atom is -0.0988 e. The normalized spacial score (nSPS) is 18.2. The highest BCUT2D eigenvalue weighted by molar-refractivity contribution is 5.38. The van der Waals surface area contributed by atoms with Crippen molar-refractivity contribution in [3.8, 4) is 0 Å². The number of rotatable bonds is 4. The van der Waals surface area contributed by atoms with Crippen LogP contribution >= 0.6 is 0 Å². The summed E-state index contributed by atoms with van der Waals surface area (Å²) in [6, 6.07) is 10.7. The van der Waals surface area contributed by atoms with Crippen molar-refractivity contribution in [1.29, 1.82) is 0 Å². The van der Waals surface area contributed by atoms with Crippen LogP contribution in [-0.4, -0.2) is 0 Å². The van der Waals surface area contributed by atoms with Crippen LogP contribution in [-0.2, 0) is 6.42 Å². The average molecular weight is 224 g/mol. The minimum atomic E-state index is 0.328. The first-order chi connectivity index (χ1) is 8.17. The Morgan fingerprint density at radius 3 is 2.06 bits per heavy atom. The summed E-state index contributed by atoms with van der Waals surface area (Å²) in [7, 11) is 0. The van der Waals surface area contributed by atoms with Gasteiger partial charge in [-0.3, -0.25) is 0 Å². The first-order valence-corrected chi connectivity index (χ1v) is 6.18. The number of benzene rings is 1. The Morgan fingerprint density at radius 2 is 1.59 bits per heavy atom. The molecule has 0 bridgehead atoms. The van der Waals surface area contributed by atoms with Crippen molar-refractivity contribution in [2.45, 2.75) is 26.2 Å². The Morgan fingerprint density at radius 1 is 1.06 bits per heavy atom. The summed E-state index contributed by atoms with van der Waals surface area (Å²) in [6.07, 6.45) is 7.35. The van der Waals surface area contributed by atoms with Crippen molar-refractivity contribution in [3.05, 3.63) is 72.4 Å². The van der Waals surface area contributed by atoms with Crippen LogP contribution in [0.15, 0.2) is 66.8 Å². The van der Waals surface area contributed by atoms with Crippen molar-refractivity contribution >= 4 is 0 Å². The molecule has 0 spiro atoms. The molecule has 1 aliphatic carbocycles. The van der Waals surface area contributed by atoms with Crippen LogP contribution in [0.5, 0.6) is 0 Å². The van der Waals surface area contributed by atoms with E-state index in [-0.39, 0.29) is 0 Å². The van der Waals surface area contributed by atoms with E-state index in [4.69, 9.17) is 0 Å². The van der Waals surface area contributed by atoms with Gasteiger partial charge in [-0.05, 0) is 41.4 Å². The molecule has 0 aromatic heterocycles. The Bertz CT molecular complexity index is 428. The lowest BCUT2D eigenvalue weighted by Crippen LogP contribution is -2.16. The molecular weight excluding hydrogens is 204 g/mol. The summed E-state index contributed by atoms with van der Waals surface area (Å²) in [5, 5.41) is 0. The molecule has 0 heteroatoms. The summed E-state index contributed by atoms with van der Waals surface area (Å²) in [5.74, 6) is 0. The van der Waals surface area contributed by atoms with Gasteiger partial charge in [-0.15, -0.1) is 0 Å². The summed E-state index contributed by atoms with van der Waals surface area (Å²) in [5.41, 5.74) is 4.49. The summed E-state index contributed by atoms with van der Waals surface area (Å²) in [4.78, 5) is 0. The highest BCUT2D eigenvalue weighted by Gasteiger charge is 2.32. The molecular formula is C17H20. The van der Waals surface area contributed by atoms with E-state index in [0.717, 1.165) is 19.3 Å². The lowest BCUT2D eigenvalue weighted by Gasteiger charge is -2.24. The van der Waals surface area contributed by atoms with Crippen molar-refractivity contribution in [3.63, 3.8) is 0 Å². The number of hydrogen-bond acceptors (Lipinski definition) is 0. The van der Waals surface area contributed by atoms with Crippen LogP contribution in [0.25, 0.3) is 0 Å². The van der Waals surface area contributed by atoms with Crippen molar-refractivity contribution in [2.75, 3.05) is 0 Å². The van der Waals surface area contributed by atoms with Gasteiger partial charge in [-0.25, -0.2) is 0 Å². The fourth-order valence-electron chi connectivity index (χ4n) is 2.83. The van der Waals surface area contributed by atoms with Gasteiger partial charge in [0.15, 0.2) is 0 Å². The van der Waals surface area contributed by atoms with E-state index < -0.39 is 0 Å². The van der Waals surface area contributed by atoms with Gasteiger partial charge in [-0.2, -0.15) is 0 Å². The maximum atomic E-state index is 3.91. The van der Waals surface area contributed by atoms with Crippen LogP contribution in [0.3, 0.4) is 0 Å². The van der Waals surface area contributed by atoms with Gasteiger partial charge in [0.05, 0.1) is 0 Å². The molecule has 17 heavy (non-hydrogen) atoms. The Kier molecular flexibility index (Phi) is 3.33. The highest BCUT2D eigenvalue weighted by Crippen LogP contribution is 2.44. The second-order valence-corrected chi connectivity index (χ2v) is 5.29. The molecule has 0 heterocycles. The first kappa shape index (κ1) is 11.9. The first-order valence-electron chi connectivity index (χ1n) is 6.18. The van der Waals surface area contributed by atoms with Crippen LogP contribution in [0.4, 0.5) is 0 Å². The second-order valence-electron chi connectivity index (χ2n) is 5.29. The fraction of sp³-hybridized carbons (Fsp3) is 0.294. The topological polar surface area (TPSA) is 0 Å². The third kappa shape index (κ3) is 2.58. The number of allylic oxidation sites excluding steroid dienone is 4. The molecule has 1 aromatic rings. The van der Waals surface area contributed by atoms with Crippen LogP contribution < -0.4 is 0 Å². The van der Waals surface area contributed by atoms with E-state index in [1.54, 1.807) is 0 Å². The zero-order valence-corrected chi connectivity index (χ0v) is 10.6. The van der Waals surface area contributed by atoms with E-state index in [2.05, 4.69) is 50.4 Å². The molecule has 0 nitrogen and oxygen atoms in total. The van der Waals surface area contributed by atoms with Gasteiger partial charge < -0.3 is 0 Å². The monoisotopic (exact) mass is 224 g/mol. The SMILES string of the molecule is C=CC1=C(C=C)CC(C)(Cc2ccccc2)C1. The predicted molar refractivity (Wildman–Crippen MR) is 74.9 cm³/mol. The average Bonchev–Trinajstić information content (AvgIpc) is 2.67. The Balaban J connectivity index is 2.14. The van der Waals surface area contributed by atoms with E-state index in [1.165, 1.54) is 16.7 Å². The highest BCUT2D eigenvalue weighted by atomic mass is 14.4. The van der Waals surface area contributed by atoms with Crippen molar-refractivity contribution < 1.29 is 0 Å². The minimum absolute atomic E-state index is 0.328. The molecule has 0 aliphatic heterocycles. The van der Waals surface area contributed by atoms with Gasteiger partial charge in [0.2, 0.25) is 0 Å². The van der Waals surface area contributed by atoms with Crippen LogP contribution in [0.2, 0.25) is 0 Å². The molecule has 88 valence electrons. The quantitative estimate of drug-likeness (QED) is 0.695. The van der Waals surface area contributed by atoms with Gasteiger partial charge in [0.25, 0.3) is 0 Å². The lowest BCUT2D eigenvalue weighted by atomic mass is 9.80. The van der Waals surface area contributed by atoms with E-state index >= 15 is 0 Å². The smallest absolute Gasteiger partial charge is 0.0204 e. The van der Waals surface area contributed by atoms with Crippen molar-refractivity contribution in [2.24, 2.45) is 5.41 Å². The number of hydrogen-bond donors (Lipinski definition) is 0. The molecule has 0 atom stereocenters. The van der Waals surface area contributed by atoms with E-state index in [0.29, 0.717) is 5.41 Å². The van der Waals surface area contributed by atoms with E-state index in [9.17, 15) is 0 Å². The van der Waals surface area contributed by atoms with Crippen LogP contribution in [0.1, 0.15) is 25.3 Å². The molecule has 0 saturated heterocycles. The largest absolute Gasteiger partial charge is 0.0988 e. The third-order valence-corrected chi connectivity index (χ3v) is 3.61. The van der Waals surface area contributed by atoms with Crippen LogP contribution in [0, 0.1) is 5.41 Å². The third-order valence-electron chi connectivity index (χ3n) is 3.61. The fourth-order valence-corrected chi connectivity index (χ4v) is 2.83. The van der Waals surface area contributed by atoms with Gasteiger partial charge in [0.1, 0.15) is 0 Å². The summed E-state index contributed by atoms with van der Waals surface area (Å²) in [6.45, 7) is 10.2. The zero-order valence-electron chi connectivity index (χ0n) is 10.6. The molecule has 0 amide bonds. The lowest BCUT2D eigenvalue weighted by molar-refractivity contribution is 0.343. The summed E-state index contributed by atoms with van der Waals surface area (Å²) < 4.78 is 0. The molecule has 0 fully saturated rings. The van der Waals surface area contributed by atoms with Gasteiger partial charge >= 0.3 is 0 Å².